The van der Waals surface area contributed by atoms with Crippen molar-refractivity contribution < 1.29 is 17.8 Å². The van der Waals surface area contributed by atoms with E-state index in [1.54, 1.807) is 18.2 Å². The normalized spacial score (nSPS) is 11.2. The minimum Gasteiger partial charge on any atom is -0.274 e. The van der Waals surface area contributed by atoms with Crippen LogP contribution in [0.2, 0.25) is 0 Å². The van der Waals surface area contributed by atoms with Crippen LogP contribution in [0.3, 0.4) is 0 Å². The van der Waals surface area contributed by atoms with E-state index in [2.05, 4.69) is 30.9 Å². The van der Waals surface area contributed by atoms with Crippen LogP contribution in [0.15, 0.2) is 50.4 Å². The number of hydrogen-bond acceptors (Lipinski definition) is 7. The van der Waals surface area contributed by atoms with Gasteiger partial charge in [0.2, 0.25) is 5.91 Å². The van der Waals surface area contributed by atoms with Gasteiger partial charge in [-0.2, -0.15) is 5.26 Å². The monoisotopic (exact) mass is 420 g/mol. The molecule has 0 spiro atoms. The number of carbonyl (C=O) groups is 1. The first kappa shape index (κ1) is 17.1. The lowest BCUT2D eigenvalue weighted by molar-refractivity contribution is -0.118. The minimum absolute atomic E-state index is 0.159. The second-order valence-corrected chi connectivity index (χ2v) is 7.68. The molecular formula is C15H9BrN4O4S. The van der Waals surface area contributed by atoms with Gasteiger partial charge < -0.3 is 0 Å². The van der Waals surface area contributed by atoms with Gasteiger partial charge in [0.05, 0.1) is 22.9 Å². The Hall–Kier alpha value is -2.77. The average Bonchev–Trinajstić information content (AvgIpc) is 3.01. The minimum atomic E-state index is -4.09. The van der Waals surface area contributed by atoms with Gasteiger partial charge in [-0.15, -0.1) is 0 Å². The van der Waals surface area contributed by atoms with E-state index in [0.717, 1.165) is 0 Å². The van der Waals surface area contributed by atoms with Gasteiger partial charge >= 0.3 is 0 Å². The van der Waals surface area contributed by atoms with Crippen molar-refractivity contribution in [3.8, 4) is 6.07 Å². The number of benzene rings is 2. The molecule has 0 unspecified atom stereocenters. The van der Waals surface area contributed by atoms with E-state index >= 15 is 0 Å². The highest BCUT2D eigenvalue weighted by Gasteiger charge is 2.19. The van der Waals surface area contributed by atoms with Crippen molar-refractivity contribution in [2.24, 2.45) is 0 Å². The molecule has 25 heavy (non-hydrogen) atoms. The molecule has 2 aromatic carbocycles. The van der Waals surface area contributed by atoms with Crippen molar-refractivity contribution in [3.05, 3.63) is 52.0 Å². The van der Waals surface area contributed by atoms with Gasteiger partial charge in [-0.3, -0.25) is 4.79 Å². The summed E-state index contributed by atoms with van der Waals surface area (Å²) >= 11 is 3.14. The van der Waals surface area contributed by atoms with Crippen molar-refractivity contribution in [1.82, 2.24) is 15.0 Å². The molecule has 1 amide bonds. The van der Waals surface area contributed by atoms with Gasteiger partial charge in [-0.25, -0.2) is 17.8 Å². The number of rotatable bonds is 4. The van der Waals surface area contributed by atoms with Crippen LogP contribution >= 0.6 is 15.9 Å². The zero-order chi connectivity index (χ0) is 18.0. The van der Waals surface area contributed by atoms with Crippen LogP contribution < -0.4 is 4.72 Å². The van der Waals surface area contributed by atoms with Gasteiger partial charge in [0.1, 0.15) is 11.0 Å². The molecule has 8 nitrogen and oxygen atoms in total. The Morgan fingerprint density at radius 2 is 1.96 bits per heavy atom. The lowest BCUT2D eigenvalue weighted by Gasteiger charge is -2.08. The molecule has 0 atom stereocenters. The van der Waals surface area contributed by atoms with Crippen LogP contribution in [0.4, 0.5) is 0 Å². The van der Waals surface area contributed by atoms with Gasteiger partial charge in [0.15, 0.2) is 0 Å². The molecule has 0 aliphatic heterocycles. The number of nitrogens with zero attached hydrogens (tertiary/aromatic N) is 3. The Morgan fingerprint density at radius 1 is 1.20 bits per heavy atom. The summed E-state index contributed by atoms with van der Waals surface area (Å²) in [5.41, 5.74) is 1.72. The number of fused-ring (bicyclic) bond motifs is 1. The van der Waals surface area contributed by atoms with Crippen LogP contribution in [0.5, 0.6) is 0 Å². The zero-order valence-electron chi connectivity index (χ0n) is 12.4. The van der Waals surface area contributed by atoms with Crippen LogP contribution in [-0.4, -0.2) is 24.6 Å². The summed E-state index contributed by atoms with van der Waals surface area (Å²) in [6, 6.07) is 10.7. The van der Waals surface area contributed by atoms with E-state index in [-0.39, 0.29) is 16.9 Å². The van der Waals surface area contributed by atoms with Crippen molar-refractivity contribution >= 4 is 42.9 Å². The molecule has 0 saturated heterocycles. The van der Waals surface area contributed by atoms with E-state index < -0.39 is 15.9 Å². The molecule has 1 aromatic heterocycles. The molecule has 0 bridgehead atoms. The zero-order valence-corrected chi connectivity index (χ0v) is 14.8. The number of halogens is 1. The number of nitrogens with one attached hydrogen (secondary N) is 1. The first-order valence-electron chi connectivity index (χ1n) is 6.85. The summed E-state index contributed by atoms with van der Waals surface area (Å²) in [5.74, 6) is -0.714. The molecule has 1 heterocycles. The Kier molecular flexibility index (Phi) is 4.52. The highest BCUT2D eigenvalue weighted by Crippen LogP contribution is 2.19. The quantitative estimate of drug-likeness (QED) is 0.682. The Labute approximate surface area is 150 Å². The molecular weight excluding hydrogens is 412 g/mol. The number of nitriles is 1. The fourth-order valence-corrected chi connectivity index (χ4v) is 3.85. The Bertz CT molecular complexity index is 1120. The second kappa shape index (κ2) is 6.62. The topological polar surface area (TPSA) is 126 Å². The van der Waals surface area contributed by atoms with E-state index in [0.29, 0.717) is 21.1 Å². The SMILES string of the molecule is N#Cc1cc(Br)cc(S(=O)(=O)NC(=O)Cc2ccc3nonc3c2)c1. The molecule has 0 aliphatic rings. The lowest BCUT2D eigenvalue weighted by atomic mass is 10.1. The number of hydrogen-bond donors (Lipinski definition) is 1. The highest BCUT2D eigenvalue weighted by atomic mass is 79.9. The molecule has 1 N–H and O–H groups in total. The van der Waals surface area contributed by atoms with Crippen LogP contribution in [-0.2, 0) is 21.2 Å². The lowest BCUT2D eigenvalue weighted by Crippen LogP contribution is -2.31. The van der Waals surface area contributed by atoms with E-state index in [9.17, 15) is 13.2 Å². The van der Waals surface area contributed by atoms with Crippen molar-refractivity contribution in [2.45, 2.75) is 11.3 Å². The molecule has 0 radical (unpaired) electrons. The summed E-state index contributed by atoms with van der Waals surface area (Å²) in [6.45, 7) is 0. The average molecular weight is 421 g/mol. The third kappa shape index (κ3) is 3.84. The van der Waals surface area contributed by atoms with Gasteiger partial charge in [0, 0.05) is 4.47 Å². The molecule has 0 fully saturated rings. The summed E-state index contributed by atoms with van der Waals surface area (Å²) in [4.78, 5) is 11.9. The third-order valence-corrected chi connectivity index (χ3v) is 5.05. The second-order valence-electron chi connectivity index (χ2n) is 5.08. The third-order valence-electron chi connectivity index (χ3n) is 3.24. The molecule has 10 heteroatoms. The fraction of sp³-hybridized carbons (Fsp3) is 0.0667. The summed E-state index contributed by atoms with van der Waals surface area (Å²) in [7, 11) is -4.09. The number of amides is 1. The summed E-state index contributed by atoms with van der Waals surface area (Å²) in [6.07, 6.45) is -0.166. The van der Waals surface area contributed by atoms with Gasteiger partial charge in [0.25, 0.3) is 10.0 Å². The maximum Gasteiger partial charge on any atom is 0.264 e. The first-order valence-corrected chi connectivity index (χ1v) is 9.12. The Balaban J connectivity index is 1.79. The van der Waals surface area contributed by atoms with Crippen molar-refractivity contribution in [2.75, 3.05) is 0 Å². The predicted octanol–water partition coefficient (Wildman–Crippen LogP) is 1.90. The number of aromatic nitrogens is 2. The fourth-order valence-electron chi connectivity index (χ4n) is 2.15. The Morgan fingerprint density at radius 3 is 2.72 bits per heavy atom. The first-order chi connectivity index (χ1) is 11.9. The van der Waals surface area contributed by atoms with Crippen LogP contribution in [0.25, 0.3) is 11.0 Å². The molecule has 3 aromatic rings. The molecule has 3 rings (SSSR count). The van der Waals surface area contributed by atoms with Gasteiger partial charge in [-0.05, 0) is 46.2 Å². The predicted molar refractivity (Wildman–Crippen MR) is 89.7 cm³/mol. The largest absolute Gasteiger partial charge is 0.274 e. The molecule has 126 valence electrons. The maximum atomic E-state index is 12.3. The van der Waals surface area contributed by atoms with E-state index in [1.807, 2.05) is 10.8 Å². The van der Waals surface area contributed by atoms with Gasteiger partial charge in [-0.1, -0.05) is 22.0 Å². The standard InChI is InChI=1S/C15H9BrN4O4S/c16-11-3-10(8-17)4-12(7-11)25(22,23)20-15(21)6-9-1-2-13-14(5-9)19-24-18-13/h1-5,7H,6H2,(H,20,21). The van der Waals surface area contributed by atoms with Crippen molar-refractivity contribution in [3.63, 3.8) is 0 Å². The summed E-state index contributed by atoms with van der Waals surface area (Å²) in [5, 5.41) is 16.2. The molecule has 0 saturated carbocycles. The van der Waals surface area contributed by atoms with Crippen LogP contribution in [0, 0.1) is 11.3 Å². The highest BCUT2D eigenvalue weighted by molar-refractivity contribution is 9.10. The number of sulfonamides is 1. The van der Waals surface area contributed by atoms with E-state index in [4.69, 9.17) is 5.26 Å². The maximum absolute atomic E-state index is 12.3. The van der Waals surface area contributed by atoms with E-state index in [1.165, 1.54) is 18.2 Å². The van der Waals surface area contributed by atoms with Crippen molar-refractivity contribution in [1.29, 1.82) is 5.26 Å². The summed E-state index contributed by atoms with van der Waals surface area (Å²) < 4.78 is 31.6. The van der Waals surface area contributed by atoms with Crippen LogP contribution in [0.1, 0.15) is 11.1 Å². The smallest absolute Gasteiger partial charge is 0.264 e. The molecule has 0 aliphatic carbocycles. The number of carbonyl (C=O) groups excluding carboxylic acids is 1.